The van der Waals surface area contributed by atoms with Crippen molar-refractivity contribution in [2.75, 3.05) is 12.3 Å². The average molecular weight is 303 g/mol. The summed E-state index contributed by atoms with van der Waals surface area (Å²) in [5.41, 5.74) is 7.20. The van der Waals surface area contributed by atoms with E-state index in [1.807, 2.05) is 25.1 Å². The number of esters is 1. The number of rotatable bonds is 5. The summed E-state index contributed by atoms with van der Waals surface area (Å²) >= 11 is 1.62. The predicted octanol–water partition coefficient (Wildman–Crippen LogP) is 2.84. The molecule has 2 N–H and O–H groups in total. The van der Waals surface area contributed by atoms with Crippen molar-refractivity contribution in [3.8, 4) is 0 Å². The van der Waals surface area contributed by atoms with Crippen LogP contribution >= 0.6 is 11.8 Å². The molecule has 21 heavy (non-hydrogen) atoms. The van der Waals surface area contributed by atoms with Crippen molar-refractivity contribution in [1.29, 1.82) is 0 Å². The van der Waals surface area contributed by atoms with Gasteiger partial charge in [-0.15, -0.1) is 11.8 Å². The normalized spacial score (nSPS) is 10.4. The van der Waals surface area contributed by atoms with Crippen molar-refractivity contribution in [3.63, 3.8) is 0 Å². The molecule has 1 heterocycles. The van der Waals surface area contributed by atoms with Gasteiger partial charge in [-0.25, -0.2) is 14.8 Å². The molecule has 0 saturated heterocycles. The monoisotopic (exact) mass is 303 g/mol. The van der Waals surface area contributed by atoms with E-state index >= 15 is 0 Å². The Kier molecular flexibility index (Phi) is 5.16. The molecule has 0 aliphatic rings. The lowest BCUT2D eigenvalue weighted by molar-refractivity contribution is 0.0526. The number of thioether (sulfide) groups is 1. The second-order valence-corrected chi connectivity index (χ2v) is 5.46. The molecule has 0 fully saturated rings. The van der Waals surface area contributed by atoms with E-state index in [2.05, 4.69) is 16.0 Å². The summed E-state index contributed by atoms with van der Waals surface area (Å²) in [7, 11) is 0. The van der Waals surface area contributed by atoms with Gasteiger partial charge in [-0.1, -0.05) is 17.7 Å². The minimum atomic E-state index is -0.493. The first-order valence-corrected chi connectivity index (χ1v) is 7.56. The minimum absolute atomic E-state index is 0.156. The summed E-state index contributed by atoms with van der Waals surface area (Å²) in [6.07, 6.45) is 1.42. The van der Waals surface area contributed by atoms with E-state index in [1.54, 1.807) is 18.7 Å². The number of hydrogen-bond acceptors (Lipinski definition) is 6. The maximum Gasteiger partial charge on any atom is 0.343 e. The molecule has 0 spiro atoms. The smallest absolute Gasteiger partial charge is 0.343 e. The summed E-state index contributed by atoms with van der Waals surface area (Å²) in [4.78, 5) is 21.1. The zero-order chi connectivity index (χ0) is 15.2. The quantitative estimate of drug-likeness (QED) is 0.676. The summed E-state index contributed by atoms with van der Waals surface area (Å²) in [6, 6.07) is 8.19. The number of aryl methyl sites for hydroxylation is 1. The number of nitrogens with zero attached hydrogens (tertiary/aromatic N) is 2. The highest BCUT2D eigenvalue weighted by Crippen LogP contribution is 2.22. The molecule has 110 valence electrons. The van der Waals surface area contributed by atoms with Crippen LogP contribution in [-0.2, 0) is 10.5 Å². The second-order valence-electron chi connectivity index (χ2n) is 4.41. The van der Waals surface area contributed by atoms with Crippen LogP contribution in [0.25, 0.3) is 0 Å². The van der Waals surface area contributed by atoms with E-state index in [9.17, 15) is 4.79 Å². The number of aromatic nitrogens is 2. The molecule has 0 radical (unpaired) electrons. The highest BCUT2D eigenvalue weighted by atomic mass is 32.2. The van der Waals surface area contributed by atoms with Gasteiger partial charge in [0.15, 0.2) is 0 Å². The molecule has 0 aliphatic carbocycles. The fourth-order valence-electron chi connectivity index (χ4n) is 1.72. The number of benzene rings is 1. The molecule has 0 atom stereocenters. The Morgan fingerprint density at radius 3 is 2.90 bits per heavy atom. The van der Waals surface area contributed by atoms with Crippen LogP contribution in [0.4, 0.5) is 5.82 Å². The number of nitrogen functional groups attached to an aromatic ring is 1. The van der Waals surface area contributed by atoms with Gasteiger partial charge in [-0.3, -0.25) is 0 Å². The number of anilines is 1. The van der Waals surface area contributed by atoms with Gasteiger partial charge in [-0.2, -0.15) is 0 Å². The first-order chi connectivity index (χ1) is 10.1. The van der Waals surface area contributed by atoms with Crippen LogP contribution in [-0.4, -0.2) is 22.5 Å². The molecule has 1 aromatic carbocycles. The maximum absolute atomic E-state index is 11.6. The van der Waals surface area contributed by atoms with Gasteiger partial charge < -0.3 is 10.5 Å². The fraction of sp³-hybridized carbons (Fsp3) is 0.267. The van der Waals surface area contributed by atoms with Crippen LogP contribution in [0.1, 0.15) is 28.7 Å². The van der Waals surface area contributed by atoms with E-state index in [-0.39, 0.29) is 11.4 Å². The Labute approximate surface area is 127 Å². The summed E-state index contributed by atoms with van der Waals surface area (Å²) < 4.78 is 4.89. The highest BCUT2D eigenvalue weighted by Gasteiger charge is 2.13. The highest BCUT2D eigenvalue weighted by molar-refractivity contribution is 7.98. The van der Waals surface area contributed by atoms with Crippen LogP contribution < -0.4 is 5.73 Å². The molecule has 6 heteroatoms. The van der Waals surface area contributed by atoms with Crippen molar-refractivity contribution in [1.82, 2.24) is 9.97 Å². The van der Waals surface area contributed by atoms with Crippen LogP contribution in [0, 0.1) is 6.92 Å². The fourth-order valence-corrected chi connectivity index (χ4v) is 2.60. The lowest BCUT2D eigenvalue weighted by Gasteiger charge is -2.06. The van der Waals surface area contributed by atoms with Crippen LogP contribution in [0.15, 0.2) is 35.4 Å². The van der Waals surface area contributed by atoms with Gasteiger partial charge >= 0.3 is 5.97 Å². The third-order valence-corrected chi connectivity index (χ3v) is 3.71. The number of nitrogens with two attached hydrogens (primary N) is 1. The molecule has 0 aliphatic heterocycles. The van der Waals surface area contributed by atoms with E-state index < -0.39 is 5.97 Å². The SMILES string of the molecule is CCOC(=O)c1cnc(CSc2cccc(C)c2)nc1N. The van der Waals surface area contributed by atoms with Gasteiger partial charge in [0, 0.05) is 11.1 Å². The predicted molar refractivity (Wildman–Crippen MR) is 83.1 cm³/mol. The number of carbonyl (C=O) groups is 1. The molecule has 1 aromatic heterocycles. The summed E-state index contributed by atoms with van der Waals surface area (Å²) in [5.74, 6) is 0.847. The van der Waals surface area contributed by atoms with Gasteiger partial charge in [0.1, 0.15) is 17.2 Å². The third kappa shape index (κ3) is 4.19. The molecular weight excluding hydrogens is 286 g/mol. The van der Waals surface area contributed by atoms with Gasteiger partial charge in [0.25, 0.3) is 0 Å². The van der Waals surface area contributed by atoms with Crippen molar-refractivity contribution in [2.24, 2.45) is 0 Å². The number of hydrogen-bond donors (Lipinski definition) is 1. The van der Waals surface area contributed by atoms with Crippen molar-refractivity contribution in [2.45, 2.75) is 24.5 Å². The van der Waals surface area contributed by atoms with Crippen molar-refractivity contribution in [3.05, 3.63) is 47.4 Å². The Morgan fingerprint density at radius 2 is 2.24 bits per heavy atom. The van der Waals surface area contributed by atoms with Crippen molar-refractivity contribution >= 4 is 23.5 Å². The topological polar surface area (TPSA) is 78.1 Å². The second kappa shape index (κ2) is 7.08. The largest absolute Gasteiger partial charge is 0.462 e. The maximum atomic E-state index is 11.6. The first-order valence-electron chi connectivity index (χ1n) is 6.58. The molecular formula is C15H17N3O2S. The number of ether oxygens (including phenoxy) is 1. The van der Waals surface area contributed by atoms with Crippen LogP contribution in [0.2, 0.25) is 0 Å². The van der Waals surface area contributed by atoms with Crippen LogP contribution in [0.3, 0.4) is 0 Å². The van der Waals surface area contributed by atoms with Crippen molar-refractivity contribution < 1.29 is 9.53 Å². The third-order valence-electron chi connectivity index (χ3n) is 2.72. The van der Waals surface area contributed by atoms with E-state index in [1.165, 1.54) is 11.8 Å². The molecule has 0 bridgehead atoms. The molecule has 5 nitrogen and oxygen atoms in total. The van der Waals surface area contributed by atoms with Gasteiger partial charge in [0.2, 0.25) is 0 Å². The Balaban J connectivity index is 2.05. The first kappa shape index (κ1) is 15.3. The Bertz CT molecular complexity index is 647. The molecule has 0 unspecified atom stereocenters. The van der Waals surface area contributed by atoms with Gasteiger partial charge in [0.05, 0.1) is 12.4 Å². The zero-order valence-electron chi connectivity index (χ0n) is 12.0. The Morgan fingerprint density at radius 1 is 1.43 bits per heavy atom. The summed E-state index contributed by atoms with van der Waals surface area (Å²) in [5, 5.41) is 0. The van der Waals surface area contributed by atoms with E-state index in [0.717, 1.165) is 4.90 Å². The molecule has 2 rings (SSSR count). The molecule has 0 amide bonds. The summed E-state index contributed by atoms with van der Waals surface area (Å²) in [6.45, 7) is 4.08. The van der Waals surface area contributed by atoms with Gasteiger partial charge in [-0.05, 0) is 26.0 Å². The number of carbonyl (C=O) groups excluding carboxylic acids is 1. The zero-order valence-corrected chi connectivity index (χ0v) is 12.8. The lowest BCUT2D eigenvalue weighted by atomic mass is 10.2. The standard InChI is InChI=1S/C15H17N3O2S/c1-3-20-15(19)12-8-17-13(18-14(12)16)9-21-11-6-4-5-10(2)7-11/h4-8H,3,9H2,1-2H3,(H2,16,17,18). The van der Waals surface area contributed by atoms with E-state index in [4.69, 9.17) is 10.5 Å². The molecule has 0 saturated carbocycles. The lowest BCUT2D eigenvalue weighted by Crippen LogP contribution is -2.11. The van der Waals surface area contributed by atoms with E-state index in [0.29, 0.717) is 18.2 Å². The Hall–Kier alpha value is -2.08. The molecule has 2 aromatic rings. The average Bonchev–Trinajstić information content (AvgIpc) is 2.45. The van der Waals surface area contributed by atoms with Crippen LogP contribution in [0.5, 0.6) is 0 Å². The minimum Gasteiger partial charge on any atom is -0.462 e.